The topological polar surface area (TPSA) is 51.2 Å². The van der Waals surface area contributed by atoms with E-state index < -0.39 is 0 Å². The van der Waals surface area contributed by atoms with Crippen molar-refractivity contribution in [2.24, 2.45) is 0 Å². The monoisotopic (exact) mass is 450 g/mol. The molecule has 3 rings (SSSR count). The molecule has 0 saturated carbocycles. The lowest BCUT2D eigenvalue weighted by Gasteiger charge is -2.09. The summed E-state index contributed by atoms with van der Waals surface area (Å²) < 4.78 is 6.73. The van der Waals surface area contributed by atoms with E-state index in [1.807, 2.05) is 48.7 Å². The summed E-state index contributed by atoms with van der Waals surface area (Å²) in [5, 5.41) is 5.91. The summed E-state index contributed by atoms with van der Waals surface area (Å²) in [7, 11) is 0. The van der Waals surface area contributed by atoms with Gasteiger partial charge < -0.3 is 10.1 Å². The molecule has 0 radical (unpaired) electrons. The fraction of sp³-hybridized carbons (Fsp3) is 0.111. The van der Waals surface area contributed by atoms with Gasteiger partial charge in [-0.05, 0) is 59.8 Å². The number of carbonyl (C=O) groups is 1. The Balaban J connectivity index is 1.68. The number of ether oxygens (including phenoxy) is 1. The summed E-state index contributed by atoms with van der Waals surface area (Å²) >= 11 is 3.79. The molecule has 0 spiro atoms. The van der Waals surface area contributed by atoms with Crippen LogP contribution in [-0.4, -0.2) is 10.9 Å². The number of nitrogens with one attached hydrogen (secondary N) is 1. The first kappa shape index (κ1) is 16.9. The summed E-state index contributed by atoms with van der Waals surface area (Å²) in [5.74, 6) is 0.491. The van der Waals surface area contributed by atoms with Crippen molar-refractivity contribution < 1.29 is 9.53 Å². The molecule has 0 aliphatic heterocycles. The smallest absolute Gasteiger partial charge is 0.255 e. The molecule has 4 nitrogen and oxygen atoms in total. The van der Waals surface area contributed by atoms with Crippen LogP contribution in [0.4, 0.5) is 5.69 Å². The highest BCUT2D eigenvalue weighted by Crippen LogP contribution is 2.20. The average Bonchev–Trinajstić information content (AvgIpc) is 3.01. The van der Waals surface area contributed by atoms with E-state index in [2.05, 4.69) is 32.9 Å². The second-order valence-electron chi connectivity index (χ2n) is 5.11. The predicted octanol–water partition coefficient (Wildman–Crippen LogP) is 4.89. The molecule has 0 fully saturated rings. The lowest BCUT2D eigenvalue weighted by Crippen LogP contribution is -2.12. The molecule has 1 amide bonds. The maximum Gasteiger partial charge on any atom is 0.255 e. The van der Waals surface area contributed by atoms with Crippen molar-refractivity contribution in [1.82, 2.24) is 4.98 Å². The van der Waals surface area contributed by atoms with Gasteiger partial charge in [0.05, 0.1) is 16.4 Å². The average molecular weight is 450 g/mol. The number of aryl methyl sites for hydroxylation is 1. The number of rotatable bonds is 5. The van der Waals surface area contributed by atoms with Crippen LogP contribution in [0.2, 0.25) is 0 Å². The highest BCUT2D eigenvalue weighted by Gasteiger charge is 2.09. The zero-order valence-corrected chi connectivity index (χ0v) is 15.9. The Labute approximate surface area is 158 Å². The number of hydrogen-bond acceptors (Lipinski definition) is 4. The van der Waals surface area contributed by atoms with E-state index in [1.165, 1.54) is 0 Å². The molecule has 24 heavy (non-hydrogen) atoms. The van der Waals surface area contributed by atoms with Crippen LogP contribution in [0.3, 0.4) is 0 Å². The van der Waals surface area contributed by atoms with Gasteiger partial charge in [0.25, 0.3) is 5.91 Å². The van der Waals surface area contributed by atoms with Crippen LogP contribution < -0.4 is 10.1 Å². The van der Waals surface area contributed by atoms with Crippen LogP contribution in [0, 0.1) is 10.5 Å². The molecule has 122 valence electrons. The van der Waals surface area contributed by atoms with Gasteiger partial charge in [0.15, 0.2) is 0 Å². The molecule has 0 unspecified atom stereocenters. The SMILES string of the molecule is Cc1nc(COc2cccc(C(=O)Nc3ccccc3I)c2)cs1. The van der Waals surface area contributed by atoms with Gasteiger partial charge in [-0.25, -0.2) is 4.98 Å². The second-order valence-corrected chi connectivity index (χ2v) is 7.33. The van der Waals surface area contributed by atoms with E-state index >= 15 is 0 Å². The van der Waals surface area contributed by atoms with Crippen LogP contribution >= 0.6 is 33.9 Å². The zero-order chi connectivity index (χ0) is 16.9. The highest BCUT2D eigenvalue weighted by molar-refractivity contribution is 14.1. The Morgan fingerprint density at radius 1 is 1.25 bits per heavy atom. The third-order valence-corrected chi connectivity index (χ3v) is 5.03. The quantitative estimate of drug-likeness (QED) is 0.564. The van der Waals surface area contributed by atoms with E-state index in [1.54, 1.807) is 23.5 Å². The Kier molecular flexibility index (Phi) is 5.47. The lowest BCUT2D eigenvalue weighted by atomic mass is 10.2. The Hall–Kier alpha value is -1.93. The van der Waals surface area contributed by atoms with Crippen molar-refractivity contribution in [3.8, 4) is 5.75 Å². The fourth-order valence-corrected chi connectivity index (χ4v) is 3.24. The van der Waals surface area contributed by atoms with Gasteiger partial charge in [0.1, 0.15) is 12.4 Å². The van der Waals surface area contributed by atoms with E-state index in [0.717, 1.165) is 20.0 Å². The maximum absolute atomic E-state index is 12.4. The van der Waals surface area contributed by atoms with Gasteiger partial charge in [-0.2, -0.15) is 0 Å². The summed E-state index contributed by atoms with van der Waals surface area (Å²) in [6.07, 6.45) is 0. The highest BCUT2D eigenvalue weighted by atomic mass is 127. The third-order valence-electron chi connectivity index (χ3n) is 3.27. The molecule has 2 aromatic carbocycles. The Morgan fingerprint density at radius 2 is 2.08 bits per heavy atom. The van der Waals surface area contributed by atoms with Crippen molar-refractivity contribution in [2.75, 3.05) is 5.32 Å². The standard InChI is InChI=1S/C18H15IN2O2S/c1-12-20-14(11-24-12)10-23-15-6-4-5-13(9-15)18(22)21-17-8-3-2-7-16(17)19/h2-9,11H,10H2,1H3,(H,21,22). The maximum atomic E-state index is 12.4. The van der Waals surface area contributed by atoms with E-state index in [9.17, 15) is 4.79 Å². The van der Waals surface area contributed by atoms with Crippen molar-refractivity contribution in [2.45, 2.75) is 13.5 Å². The van der Waals surface area contributed by atoms with Gasteiger partial charge in [-0.15, -0.1) is 11.3 Å². The Bertz CT molecular complexity index is 863. The fourth-order valence-electron chi connectivity index (χ4n) is 2.12. The summed E-state index contributed by atoms with van der Waals surface area (Å²) in [5.41, 5.74) is 2.25. The molecule has 0 aliphatic carbocycles. The third kappa shape index (κ3) is 4.33. The van der Waals surface area contributed by atoms with Crippen molar-refractivity contribution >= 4 is 45.5 Å². The number of thiazole rings is 1. The normalized spacial score (nSPS) is 10.4. The van der Waals surface area contributed by atoms with Crippen LogP contribution in [0.25, 0.3) is 0 Å². The van der Waals surface area contributed by atoms with Crippen LogP contribution in [0.5, 0.6) is 5.75 Å². The number of benzene rings is 2. The number of anilines is 1. The number of halogens is 1. The van der Waals surface area contributed by atoms with Gasteiger partial charge in [0, 0.05) is 14.5 Å². The molecular formula is C18H15IN2O2S. The number of carbonyl (C=O) groups excluding carboxylic acids is 1. The molecule has 6 heteroatoms. The molecule has 0 bridgehead atoms. The minimum Gasteiger partial charge on any atom is -0.487 e. The molecule has 1 heterocycles. The summed E-state index contributed by atoms with van der Waals surface area (Å²) in [6, 6.07) is 14.8. The van der Waals surface area contributed by atoms with E-state index in [0.29, 0.717) is 17.9 Å². The molecule has 3 aromatic rings. The number of para-hydroxylation sites is 1. The van der Waals surface area contributed by atoms with Gasteiger partial charge >= 0.3 is 0 Å². The van der Waals surface area contributed by atoms with Crippen molar-refractivity contribution in [3.63, 3.8) is 0 Å². The zero-order valence-electron chi connectivity index (χ0n) is 13.0. The minimum atomic E-state index is -0.158. The largest absolute Gasteiger partial charge is 0.487 e. The lowest BCUT2D eigenvalue weighted by molar-refractivity contribution is 0.102. The number of amides is 1. The van der Waals surface area contributed by atoms with E-state index in [-0.39, 0.29) is 5.91 Å². The van der Waals surface area contributed by atoms with Gasteiger partial charge in [-0.3, -0.25) is 4.79 Å². The molecule has 1 N–H and O–H groups in total. The van der Waals surface area contributed by atoms with Crippen molar-refractivity contribution in [1.29, 1.82) is 0 Å². The number of aromatic nitrogens is 1. The minimum absolute atomic E-state index is 0.158. The first-order valence-electron chi connectivity index (χ1n) is 7.31. The van der Waals surface area contributed by atoms with E-state index in [4.69, 9.17) is 4.74 Å². The van der Waals surface area contributed by atoms with Crippen LogP contribution in [0.15, 0.2) is 53.9 Å². The molecule has 0 aliphatic rings. The van der Waals surface area contributed by atoms with Crippen LogP contribution in [-0.2, 0) is 6.61 Å². The van der Waals surface area contributed by atoms with Gasteiger partial charge in [-0.1, -0.05) is 18.2 Å². The number of nitrogens with zero attached hydrogens (tertiary/aromatic N) is 1. The predicted molar refractivity (Wildman–Crippen MR) is 105 cm³/mol. The van der Waals surface area contributed by atoms with Crippen LogP contribution in [0.1, 0.15) is 21.1 Å². The van der Waals surface area contributed by atoms with Crippen molar-refractivity contribution in [3.05, 3.63) is 73.7 Å². The van der Waals surface area contributed by atoms with Gasteiger partial charge in [0.2, 0.25) is 0 Å². The first-order chi connectivity index (χ1) is 11.6. The summed E-state index contributed by atoms with van der Waals surface area (Å²) in [6.45, 7) is 2.36. The first-order valence-corrected chi connectivity index (χ1v) is 9.27. The molecule has 0 atom stereocenters. The Morgan fingerprint density at radius 3 is 2.83 bits per heavy atom. The molecular weight excluding hydrogens is 435 g/mol. The molecule has 0 saturated heterocycles. The summed E-state index contributed by atoms with van der Waals surface area (Å²) in [4.78, 5) is 16.8. The second kappa shape index (κ2) is 7.76. The molecule has 1 aromatic heterocycles. The number of hydrogen-bond donors (Lipinski definition) is 1.